The normalized spacial score (nSPS) is 45.0. The average molecular weight is 89.1 g/mol. The first-order valence-corrected chi connectivity index (χ1v) is 2.20. The van der Waals surface area contributed by atoms with Crippen LogP contribution in [0.2, 0.25) is 0 Å². The Labute approximate surface area is 36.3 Å². The van der Waals surface area contributed by atoms with Crippen molar-refractivity contribution in [3.05, 3.63) is 0 Å². The summed E-state index contributed by atoms with van der Waals surface area (Å²) >= 11 is 0. The number of hydrogen-bond donors (Lipinski definition) is 1. The number of halogens is 1. The van der Waals surface area contributed by atoms with Crippen LogP contribution in [0, 0.1) is 0 Å². The monoisotopic (exact) mass is 89.1 g/mol. The van der Waals surface area contributed by atoms with Gasteiger partial charge in [-0.1, -0.05) is 0 Å². The zero-order chi connectivity index (χ0) is 4.57. The van der Waals surface area contributed by atoms with E-state index in [9.17, 15) is 4.39 Å². The fourth-order valence-corrected chi connectivity index (χ4v) is 0.485. The maximum absolute atomic E-state index is 11.8. The Balaban J connectivity index is 2.20. The van der Waals surface area contributed by atoms with E-state index in [1.165, 1.54) is 0 Å². The van der Waals surface area contributed by atoms with Crippen molar-refractivity contribution < 1.29 is 4.39 Å². The second-order valence-electron chi connectivity index (χ2n) is 1.76. The van der Waals surface area contributed by atoms with Gasteiger partial charge in [-0.2, -0.15) is 0 Å². The minimum atomic E-state index is -0.690. The van der Waals surface area contributed by atoms with Crippen LogP contribution >= 0.6 is 0 Å². The summed E-state index contributed by atoms with van der Waals surface area (Å²) in [6.45, 7) is 0. The van der Waals surface area contributed by atoms with Gasteiger partial charge in [0.1, 0.15) is 6.17 Å². The Kier molecular flexibility index (Phi) is 0.804. The minimum absolute atomic E-state index is 0.134. The third-order valence-corrected chi connectivity index (χ3v) is 1.24. The molecule has 1 fully saturated rings. The highest BCUT2D eigenvalue weighted by atomic mass is 19.1. The van der Waals surface area contributed by atoms with Crippen molar-refractivity contribution in [1.82, 2.24) is 0 Å². The van der Waals surface area contributed by atoms with Crippen molar-refractivity contribution in [2.75, 3.05) is 0 Å². The summed E-state index contributed by atoms with van der Waals surface area (Å²) in [6.07, 6.45) is 0.868. The molecule has 0 bridgehead atoms. The molecule has 2 heteroatoms. The lowest BCUT2D eigenvalue weighted by Gasteiger charge is -2.25. The molecule has 2 atom stereocenters. The van der Waals surface area contributed by atoms with Gasteiger partial charge in [-0.15, -0.1) is 0 Å². The van der Waals surface area contributed by atoms with E-state index in [1.54, 1.807) is 0 Å². The molecular weight excluding hydrogens is 81.0 g/mol. The summed E-state index contributed by atoms with van der Waals surface area (Å²) in [6, 6.07) is -0.134. The molecule has 0 heterocycles. The summed E-state index contributed by atoms with van der Waals surface area (Å²) < 4.78 is 11.8. The third kappa shape index (κ3) is 0.411. The molecular formula is C4H8FN. The zero-order valence-electron chi connectivity index (χ0n) is 3.52. The Morgan fingerprint density at radius 2 is 2.00 bits per heavy atom. The highest BCUT2D eigenvalue weighted by Gasteiger charge is 2.25. The first-order chi connectivity index (χ1) is 2.80. The molecule has 2 N–H and O–H groups in total. The molecule has 1 rings (SSSR count). The fourth-order valence-electron chi connectivity index (χ4n) is 0.485. The predicted molar refractivity (Wildman–Crippen MR) is 22.1 cm³/mol. The van der Waals surface area contributed by atoms with E-state index >= 15 is 0 Å². The van der Waals surface area contributed by atoms with Crippen LogP contribution in [0.15, 0.2) is 0 Å². The van der Waals surface area contributed by atoms with Gasteiger partial charge < -0.3 is 5.73 Å². The molecule has 0 aliphatic heterocycles. The van der Waals surface area contributed by atoms with E-state index < -0.39 is 6.17 Å². The number of alkyl halides is 1. The molecule has 0 radical (unpaired) electrons. The van der Waals surface area contributed by atoms with Crippen LogP contribution in [0.25, 0.3) is 0 Å². The van der Waals surface area contributed by atoms with Gasteiger partial charge in [0.05, 0.1) is 0 Å². The highest BCUT2D eigenvalue weighted by Crippen LogP contribution is 2.19. The summed E-state index contributed by atoms with van der Waals surface area (Å²) in [5.41, 5.74) is 5.15. The van der Waals surface area contributed by atoms with Crippen LogP contribution in [0.1, 0.15) is 12.8 Å². The zero-order valence-corrected chi connectivity index (χ0v) is 3.52. The topological polar surface area (TPSA) is 26.0 Å². The van der Waals surface area contributed by atoms with Crippen LogP contribution < -0.4 is 5.73 Å². The summed E-state index contributed by atoms with van der Waals surface area (Å²) in [5.74, 6) is 0. The van der Waals surface area contributed by atoms with Crippen LogP contribution in [0.4, 0.5) is 4.39 Å². The van der Waals surface area contributed by atoms with Crippen LogP contribution in [-0.4, -0.2) is 12.2 Å². The number of nitrogens with two attached hydrogens (primary N) is 1. The third-order valence-electron chi connectivity index (χ3n) is 1.24. The SMILES string of the molecule is NC1CC[C@@H]1F. The molecule has 1 unspecified atom stereocenters. The van der Waals surface area contributed by atoms with Gasteiger partial charge in [0.25, 0.3) is 0 Å². The Bertz CT molecular complexity index is 47.5. The molecule has 1 aliphatic carbocycles. The lowest BCUT2D eigenvalue weighted by atomic mass is 9.92. The van der Waals surface area contributed by atoms with Crippen molar-refractivity contribution in [1.29, 1.82) is 0 Å². The van der Waals surface area contributed by atoms with E-state index in [0.717, 1.165) is 6.42 Å². The van der Waals surface area contributed by atoms with Crippen molar-refractivity contribution in [2.24, 2.45) is 5.73 Å². The smallest absolute Gasteiger partial charge is 0.115 e. The van der Waals surface area contributed by atoms with E-state index in [1.807, 2.05) is 0 Å². The van der Waals surface area contributed by atoms with Gasteiger partial charge in [0.2, 0.25) is 0 Å². The first kappa shape index (κ1) is 4.06. The quantitative estimate of drug-likeness (QED) is 0.458. The lowest BCUT2D eigenvalue weighted by molar-refractivity contribution is 0.173. The molecule has 0 amide bonds. The Hall–Kier alpha value is -0.110. The van der Waals surface area contributed by atoms with E-state index in [4.69, 9.17) is 5.73 Å². The molecule has 0 aromatic heterocycles. The van der Waals surface area contributed by atoms with Crippen molar-refractivity contribution in [3.63, 3.8) is 0 Å². The molecule has 0 aromatic rings. The first-order valence-electron chi connectivity index (χ1n) is 2.20. The fraction of sp³-hybridized carbons (Fsp3) is 1.00. The van der Waals surface area contributed by atoms with Crippen LogP contribution in [0.3, 0.4) is 0 Å². The van der Waals surface area contributed by atoms with Crippen LogP contribution in [0.5, 0.6) is 0 Å². The molecule has 36 valence electrons. The van der Waals surface area contributed by atoms with Crippen molar-refractivity contribution >= 4 is 0 Å². The largest absolute Gasteiger partial charge is 0.325 e. The van der Waals surface area contributed by atoms with Gasteiger partial charge in [0.15, 0.2) is 0 Å². The van der Waals surface area contributed by atoms with Crippen molar-refractivity contribution in [2.45, 2.75) is 25.1 Å². The molecule has 0 spiro atoms. The van der Waals surface area contributed by atoms with Crippen LogP contribution in [-0.2, 0) is 0 Å². The second kappa shape index (κ2) is 1.19. The molecule has 0 saturated heterocycles. The minimum Gasteiger partial charge on any atom is -0.325 e. The van der Waals surface area contributed by atoms with Gasteiger partial charge in [-0.05, 0) is 12.8 Å². The highest BCUT2D eigenvalue weighted by molar-refractivity contribution is 4.82. The molecule has 0 aromatic carbocycles. The molecule has 6 heavy (non-hydrogen) atoms. The Morgan fingerprint density at radius 1 is 1.50 bits per heavy atom. The summed E-state index contributed by atoms with van der Waals surface area (Å²) in [4.78, 5) is 0. The van der Waals surface area contributed by atoms with Crippen molar-refractivity contribution in [3.8, 4) is 0 Å². The molecule has 1 aliphatic rings. The van der Waals surface area contributed by atoms with Gasteiger partial charge >= 0.3 is 0 Å². The lowest BCUT2D eigenvalue weighted by Crippen LogP contribution is -2.40. The predicted octanol–water partition coefficient (Wildman–Crippen LogP) is 0.446. The van der Waals surface area contributed by atoms with Gasteiger partial charge in [-0.25, -0.2) is 4.39 Å². The van der Waals surface area contributed by atoms with E-state index in [-0.39, 0.29) is 6.04 Å². The number of rotatable bonds is 0. The summed E-state index contributed by atoms with van der Waals surface area (Å²) in [7, 11) is 0. The Morgan fingerprint density at radius 3 is 2.00 bits per heavy atom. The molecule has 1 nitrogen and oxygen atoms in total. The maximum atomic E-state index is 11.8. The average Bonchev–Trinajstić information content (AvgIpc) is 1.61. The molecule has 1 saturated carbocycles. The van der Waals surface area contributed by atoms with Gasteiger partial charge in [-0.3, -0.25) is 0 Å². The standard InChI is InChI=1S/C4H8FN/c5-3-1-2-4(3)6/h3-4H,1-2,6H2/t3-,4?/m0/s1. The second-order valence-corrected chi connectivity index (χ2v) is 1.76. The van der Waals surface area contributed by atoms with E-state index in [0.29, 0.717) is 6.42 Å². The van der Waals surface area contributed by atoms with Gasteiger partial charge in [0, 0.05) is 6.04 Å². The summed E-state index contributed by atoms with van der Waals surface area (Å²) in [5, 5.41) is 0. The maximum Gasteiger partial charge on any atom is 0.115 e. The number of hydrogen-bond acceptors (Lipinski definition) is 1. The van der Waals surface area contributed by atoms with E-state index in [2.05, 4.69) is 0 Å².